The van der Waals surface area contributed by atoms with Gasteiger partial charge in [-0.15, -0.1) is 0 Å². The maximum absolute atomic E-state index is 11.4. The lowest BCUT2D eigenvalue weighted by Crippen LogP contribution is -2.25. The Morgan fingerprint density at radius 3 is 2.92 bits per heavy atom. The minimum Gasteiger partial charge on any atom is -0.396 e. The molecule has 0 aromatic heterocycles. The third-order valence-corrected chi connectivity index (χ3v) is 2.58. The van der Waals surface area contributed by atoms with Crippen LogP contribution in [0, 0.1) is 11.3 Å². The Balaban J connectivity index is 2.56. The molecule has 0 spiro atoms. The molecule has 2 nitrogen and oxygen atoms in total. The van der Waals surface area contributed by atoms with Crippen molar-refractivity contribution < 1.29 is 9.90 Å². The Bertz CT molecular complexity index is 216. The van der Waals surface area contributed by atoms with Gasteiger partial charge in [-0.1, -0.05) is 19.9 Å². The van der Waals surface area contributed by atoms with Gasteiger partial charge in [0.2, 0.25) is 0 Å². The quantitative estimate of drug-likeness (QED) is 0.724. The summed E-state index contributed by atoms with van der Waals surface area (Å²) in [7, 11) is 0. The lowest BCUT2D eigenvalue weighted by Gasteiger charge is -2.29. The topological polar surface area (TPSA) is 37.3 Å². The van der Waals surface area contributed by atoms with Crippen molar-refractivity contribution in [1.29, 1.82) is 0 Å². The molecule has 1 unspecified atom stereocenters. The number of hydrogen-bond donors (Lipinski definition) is 1. The number of carbonyl (C=O) groups is 1. The van der Waals surface area contributed by atoms with Gasteiger partial charge in [0.25, 0.3) is 0 Å². The number of rotatable bonds is 3. The van der Waals surface area contributed by atoms with E-state index in [-0.39, 0.29) is 23.7 Å². The van der Waals surface area contributed by atoms with E-state index in [1.807, 2.05) is 6.08 Å². The van der Waals surface area contributed by atoms with Gasteiger partial charge in [-0.2, -0.15) is 0 Å². The third kappa shape index (κ3) is 2.96. The van der Waals surface area contributed by atoms with Crippen molar-refractivity contribution in [3.05, 3.63) is 12.2 Å². The van der Waals surface area contributed by atoms with Gasteiger partial charge >= 0.3 is 0 Å². The first-order chi connectivity index (χ1) is 6.05. The first-order valence-electron chi connectivity index (χ1n) is 4.89. The zero-order valence-corrected chi connectivity index (χ0v) is 8.42. The highest BCUT2D eigenvalue weighted by Gasteiger charge is 2.28. The molecule has 0 aromatic carbocycles. The van der Waals surface area contributed by atoms with E-state index in [0.29, 0.717) is 0 Å². The van der Waals surface area contributed by atoms with Crippen LogP contribution >= 0.6 is 0 Å². The van der Waals surface area contributed by atoms with E-state index in [1.165, 1.54) is 0 Å². The van der Waals surface area contributed by atoms with Crippen molar-refractivity contribution in [2.24, 2.45) is 11.3 Å². The van der Waals surface area contributed by atoms with E-state index in [1.54, 1.807) is 6.08 Å². The summed E-state index contributed by atoms with van der Waals surface area (Å²) in [6, 6.07) is 0. The van der Waals surface area contributed by atoms with Gasteiger partial charge in [-0.05, 0) is 30.8 Å². The van der Waals surface area contributed by atoms with Crippen LogP contribution in [0.1, 0.15) is 33.1 Å². The normalized spacial score (nSPS) is 26.4. The molecule has 0 radical (unpaired) electrons. The van der Waals surface area contributed by atoms with E-state index >= 15 is 0 Å². The number of carbonyl (C=O) groups excluding carboxylic acids is 1. The maximum Gasteiger partial charge on any atom is 0.158 e. The average Bonchev–Trinajstić information content (AvgIpc) is 2.07. The van der Waals surface area contributed by atoms with Crippen LogP contribution in [0.3, 0.4) is 0 Å². The Kier molecular flexibility index (Phi) is 3.26. The van der Waals surface area contributed by atoms with Crippen LogP contribution in [0.4, 0.5) is 0 Å². The minimum absolute atomic E-state index is 0.132. The number of ketones is 1. The highest BCUT2D eigenvalue weighted by Crippen LogP contribution is 2.33. The van der Waals surface area contributed by atoms with Crippen molar-refractivity contribution in [1.82, 2.24) is 0 Å². The van der Waals surface area contributed by atoms with Gasteiger partial charge < -0.3 is 5.11 Å². The largest absolute Gasteiger partial charge is 0.396 e. The molecule has 1 aliphatic rings. The van der Waals surface area contributed by atoms with Gasteiger partial charge in [-0.25, -0.2) is 0 Å². The lowest BCUT2D eigenvalue weighted by atomic mass is 9.75. The fourth-order valence-corrected chi connectivity index (χ4v) is 1.83. The van der Waals surface area contributed by atoms with E-state index in [4.69, 9.17) is 5.11 Å². The zero-order chi connectivity index (χ0) is 9.90. The summed E-state index contributed by atoms with van der Waals surface area (Å²) >= 11 is 0. The van der Waals surface area contributed by atoms with Crippen LogP contribution in [-0.2, 0) is 4.79 Å². The molecular formula is C11H18O2. The first kappa shape index (κ1) is 10.5. The van der Waals surface area contributed by atoms with Gasteiger partial charge in [0.1, 0.15) is 0 Å². The fraction of sp³-hybridized carbons (Fsp3) is 0.727. The molecule has 1 aliphatic carbocycles. The van der Waals surface area contributed by atoms with E-state index < -0.39 is 0 Å². The highest BCUT2D eigenvalue weighted by atomic mass is 16.2. The summed E-state index contributed by atoms with van der Waals surface area (Å²) in [5.74, 6) is 0.361. The van der Waals surface area contributed by atoms with Crippen LogP contribution < -0.4 is 0 Å². The van der Waals surface area contributed by atoms with Crippen LogP contribution in [0.5, 0.6) is 0 Å². The second-order valence-electron chi connectivity index (χ2n) is 4.49. The van der Waals surface area contributed by atoms with E-state index in [0.717, 1.165) is 19.3 Å². The van der Waals surface area contributed by atoms with Crippen molar-refractivity contribution in [3.63, 3.8) is 0 Å². The Morgan fingerprint density at radius 1 is 1.62 bits per heavy atom. The van der Waals surface area contributed by atoms with Crippen LogP contribution in [0.25, 0.3) is 0 Å². The van der Waals surface area contributed by atoms with E-state index in [2.05, 4.69) is 13.8 Å². The molecule has 1 atom stereocenters. The molecule has 0 heterocycles. The molecule has 1 rings (SSSR count). The summed E-state index contributed by atoms with van der Waals surface area (Å²) in [5.41, 5.74) is 0.147. The Hall–Kier alpha value is -0.630. The summed E-state index contributed by atoms with van der Waals surface area (Å²) in [5, 5.41) is 8.68. The summed E-state index contributed by atoms with van der Waals surface area (Å²) in [4.78, 5) is 11.4. The molecular weight excluding hydrogens is 164 g/mol. The fourth-order valence-electron chi connectivity index (χ4n) is 1.83. The average molecular weight is 182 g/mol. The van der Waals surface area contributed by atoms with Gasteiger partial charge in [0, 0.05) is 12.5 Å². The molecule has 0 bridgehead atoms. The van der Waals surface area contributed by atoms with Gasteiger partial charge in [0.15, 0.2) is 5.78 Å². The van der Waals surface area contributed by atoms with Crippen molar-refractivity contribution in [3.8, 4) is 0 Å². The molecule has 0 aliphatic heterocycles. The number of aliphatic hydroxyl groups excluding tert-OH is 1. The van der Waals surface area contributed by atoms with Crippen LogP contribution in [0.15, 0.2) is 12.2 Å². The molecule has 74 valence electrons. The second kappa shape index (κ2) is 4.05. The summed E-state index contributed by atoms with van der Waals surface area (Å²) in [6.07, 6.45) is 6.17. The second-order valence-corrected chi connectivity index (χ2v) is 4.49. The van der Waals surface area contributed by atoms with E-state index in [9.17, 15) is 4.79 Å². The number of allylic oxidation sites excluding steroid dienone is 2. The smallest absolute Gasteiger partial charge is 0.158 e. The van der Waals surface area contributed by atoms with Crippen molar-refractivity contribution >= 4 is 5.78 Å². The zero-order valence-electron chi connectivity index (χ0n) is 8.42. The molecule has 0 fully saturated rings. The number of hydrogen-bond acceptors (Lipinski definition) is 2. The molecule has 0 saturated heterocycles. The summed E-state index contributed by atoms with van der Waals surface area (Å²) < 4.78 is 0. The molecule has 13 heavy (non-hydrogen) atoms. The van der Waals surface area contributed by atoms with Gasteiger partial charge in [-0.3, -0.25) is 4.79 Å². The third-order valence-electron chi connectivity index (χ3n) is 2.58. The predicted octanol–water partition coefficient (Wildman–Crippen LogP) is 1.93. The first-order valence-corrected chi connectivity index (χ1v) is 4.89. The highest BCUT2D eigenvalue weighted by molar-refractivity contribution is 5.92. The van der Waals surface area contributed by atoms with Crippen LogP contribution in [0.2, 0.25) is 0 Å². The molecule has 0 aromatic rings. The van der Waals surface area contributed by atoms with Crippen molar-refractivity contribution in [2.75, 3.05) is 6.61 Å². The van der Waals surface area contributed by atoms with Gasteiger partial charge in [0.05, 0.1) is 0 Å². The van der Waals surface area contributed by atoms with Crippen LogP contribution in [-0.4, -0.2) is 17.5 Å². The number of aliphatic hydroxyl groups is 1. The minimum atomic E-state index is 0.132. The standard InChI is InChI=1S/C11H18O2/c1-11(2)6-5-10(13)9(8-11)4-3-7-12/h5-6,9,12H,3-4,7-8H2,1-2H3. The monoisotopic (exact) mass is 182 g/mol. The Morgan fingerprint density at radius 2 is 2.31 bits per heavy atom. The SMILES string of the molecule is CC1(C)C=CC(=O)C(CCCO)C1. The molecule has 2 heteroatoms. The van der Waals surface area contributed by atoms with Crippen molar-refractivity contribution in [2.45, 2.75) is 33.1 Å². The predicted molar refractivity (Wildman–Crippen MR) is 52.4 cm³/mol. The maximum atomic E-state index is 11.4. The molecule has 0 amide bonds. The molecule has 1 N–H and O–H groups in total. The summed E-state index contributed by atoms with van der Waals surface area (Å²) in [6.45, 7) is 4.47. The molecule has 0 saturated carbocycles. The lowest BCUT2D eigenvalue weighted by molar-refractivity contribution is -0.119. The Labute approximate surface area is 79.6 Å².